The van der Waals surface area contributed by atoms with Gasteiger partial charge in [0, 0.05) is 6.54 Å². The number of nitrogens with two attached hydrogens (primary N) is 1. The lowest BCUT2D eigenvalue weighted by Gasteiger charge is -2.23. The molecule has 3 rings (SSSR count). The second kappa shape index (κ2) is 6.46. The summed E-state index contributed by atoms with van der Waals surface area (Å²) < 4.78 is 2.25. The molecular weight excluding hydrogens is 266 g/mol. The summed E-state index contributed by atoms with van der Waals surface area (Å²) in [5, 5.41) is 0. The smallest absolute Gasteiger partial charge is 0.0948 e. The maximum atomic E-state index is 6.40. The van der Waals surface area contributed by atoms with Gasteiger partial charge < -0.3 is 10.3 Å². The van der Waals surface area contributed by atoms with Crippen molar-refractivity contribution in [3.8, 4) is 0 Å². The summed E-state index contributed by atoms with van der Waals surface area (Å²) in [5.74, 6) is 3.35. The van der Waals surface area contributed by atoms with Gasteiger partial charge in [0.15, 0.2) is 0 Å². The lowest BCUT2D eigenvalue weighted by molar-refractivity contribution is 0.408. The molecule has 2 heterocycles. The Morgan fingerprint density at radius 1 is 1.25 bits per heavy atom. The molecule has 1 aromatic carbocycles. The predicted molar refractivity (Wildman–Crippen MR) is 84.7 cm³/mol. The second-order valence-corrected chi connectivity index (χ2v) is 6.64. The third kappa shape index (κ3) is 3.07. The molecule has 2 N–H and O–H groups in total. The zero-order valence-corrected chi connectivity index (χ0v) is 12.4. The van der Waals surface area contributed by atoms with Gasteiger partial charge in [0.1, 0.15) is 0 Å². The van der Waals surface area contributed by atoms with E-state index in [1.165, 1.54) is 24.3 Å². The summed E-state index contributed by atoms with van der Waals surface area (Å²) in [5.41, 5.74) is 8.67. The van der Waals surface area contributed by atoms with E-state index >= 15 is 0 Å². The number of hydrogen-bond acceptors (Lipinski definition) is 3. The molecule has 0 saturated carbocycles. The lowest BCUT2D eigenvalue weighted by atomic mass is 10.0. The Morgan fingerprint density at radius 2 is 2.00 bits per heavy atom. The molecule has 4 heteroatoms. The quantitative estimate of drug-likeness (QED) is 0.940. The molecule has 106 valence electrons. The standard InChI is InChI=1S/C16H21N3S/c17-16(14-4-2-1-3-5-14)15-10-18-12-19(15)11-13-6-8-20-9-7-13/h1-5,10,12-13,16H,6-9,11,17H2. The van der Waals surface area contributed by atoms with Crippen LogP contribution in [-0.4, -0.2) is 21.1 Å². The molecule has 20 heavy (non-hydrogen) atoms. The molecule has 0 radical (unpaired) electrons. The van der Waals surface area contributed by atoms with E-state index in [9.17, 15) is 0 Å². The van der Waals surface area contributed by atoms with E-state index in [0.717, 1.165) is 23.7 Å². The third-order valence-corrected chi connectivity index (χ3v) is 5.07. The van der Waals surface area contributed by atoms with Crippen molar-refractivity contribution in [1.29, 1.82) is 0 Å². The lowest BCUT2D eigenvalue weighted by Crippen LogP contribution is -2.21. The van der Waals surface area contributed by atoms with Gasteiger partial charge in [-0.2, -0.15) is 11.8 Å². The van der Waals surface area contributed by atoms with Crippen molar-refractivity contribution >= 4 is 11.8 Å². The monoisotopic (exact) mass is 287 g/mol. The van der Waals surface area contributed by atoms with Crippen molar-refractivity contribution in [3.63, 3.8) is 0 Å². The highest BCUT2D eigenvalue weighted by Gasteiger charge is 2.18. The van der Waals surface area contributed by atoms with E-state index in [0.29, 0.717) is 0 Å². The minimum atomic E-state index is -0.0864. The Labute approximate surface area is 124 Å². The van der Waals surface area contributed by atoms with Gasteiger partial charge in [0.2, 0.25) is 0 Å². The molecule has 1 atom stereocenters. The Kier molecular flexibility index (Phi) is 4.43. The van der Waals surface area contributed by atoms with Crippen LogP contribution in [0.25, 0.3) is 0 Å². The minimum absolute atomic E-state index is 0.0864. The Balaban J connectivity index is 1.75. The summed E-state index contributed by atoms with van der Waals surface area (Å²) in [6, 6.07) is 10.2. The van der Waals surface area contributed by atoms with Crippen LogP contribution in [0.15, 0.2) is 42.9 Å². The summed E-state index contributed by atoms with van der Waals surface area (Å²) in [7, 11) is 0. The third-order valence-electron chi connectivity index (χ3n) is 4.02. The highest BCUT2D eigenvalue weighted by Crippen LogP contribution is 2.26. The van der Waals surface area contributed by atoms with Gasteiger partial charge in [0.05, 0.1) is 24.3 Å². The molecule has 1 aliphatic heterocycles. The van der Waals surface area contributed by atoms with Gasteiger partial charge in [-0.3, -0.25) is 0 Å². The van der Waals surface area contributed by atoms with E-state index in [1.807, 2.05) is 30.7 Å². The number of imidazole rings is 1. The predicted octanol–water partition coefficient (Wildman–Crippen LogP) is 3.07. The summed E-state index contributed by atoms with van der Waals surface area (Å²) in [4.78, 5) is 4.31. The molecule has 0 amide bonds. The van der Waals surface area contributed by atoms with Crippen molar-refractivity contribution in [2.24, 2.45) is 11.7 Å². The fourth-order valence-electron chi connectivity index (χ4n) is 2.78. The number of rotatable bonds is 4. The van der Waals surface area contributed by atoms with Crippen LogP contribution in [0.4, 0.5) is 0 Å². The Morgan fingerprint density at radius 3 is 2.75 bits per heavy atom. The van der Waals surface area contributed by atoms with E-state index in [-0.39, 0.29) is 6.04 Å². The van der Waals surface area contributed by atoms with Gasteiger partial charge in [-0.15, -0.1) is 0 Å². The van der Waals surface area contributed by atoms with Crippen LogP contribution in [0.2, 0.25) is 0 Å². The SMILES string of the molecule is NC(c1ccccc1)c1cncn1CC1CCSCC1. The molecule has 1 saturated heterocycles. The summed E-state index contributed by atoms with van der Waals surface area (Å²) in [6.07, 6.45) is 6.46. The number of thioether (sulfide) groups is 1. The van der Waals surface area contributed by atoms with Gasteiger partial charge in [-0.05, 0) is 35.8 Å². The van der Waals surface area contributed by atoms with Crippen molar-refractivity contribution in [3.05, 3.63) is 54.1 Å². The van der Waals surface area contributed by atoms with Crippen molar-refractivity contribution in [2.45, 2.75) is 25.4 Å². The van der Waals surface area contributed by atoms with E-state index < -0.39 is 0 Å². The molecule has 0 bridgehead atoms. The van der Waals surface area contributed by atoms with Crippen LogP contribution in [0.1, 0.15) is 30.1 Å². The fourth-order valence-corrected chi connectivity index (χ4v) is 3.98. The molecular formula is C16H21N3S. The zero-order valence-electron chi connectivity index (χ0n) is 11.6. The molecule has 1 unspecified atom stereocenters. The number of benzene rings is 1. The maximum Gasteiger partial charge on any atom is 0.0948 e. The van der Waals surface area contributed by atoms with E-state index in [1.54, 1.807) is 0 Å². The van der Waals surface area contributed by atoms with Crippen LogP contribution in [0, 0.1) is 5.92 Å². The first-order valence-electron chi connectivity index (χ1n) is 7.23. The average Bonchev–Trinajstić information content (AvgIpc) is 2.96. The van der Waals surface area contributed by atoms with Crippen LogP contribution in [0.5, 0.6) is 0 Å². The first kappa shape index (κ1) is 13.7. The van der Waals surface area contributed by atoms with Crippen LogP contribution < -0.4 is 5.73 Å². The topological polar surface area (TPSA) is 43.8 Å². The fraction of sp³-hybridized carbons (Fsp3) is 0.438. The van der Waals surface area contributed by atoms with E-state index in [4.69, 9.17) is 5.73 Å². The number of nitrogens with zero attached hydrogens (tertiary/aromatic N) is 2. The summed E-state index contributed by atoms with van der Waals surface area (Å²) >= 11 is 2.07. The number of aromatic nitrogens is 2. The highest BCUT2D eigenvalue weighted by atomic mass is 32.2. The molecule has 1 aliphatic rings. The van der Waals surface area contributed by atoms with Crippen LogP contribution >= 0.6 is 11.8 Å². The Bertz CT molecular complexity index is 532. The molecule has 1 aromatic heterocycles. The van der Waals surface area contributed by atoms with Crippen LogP contribution in [-0.2, 0) is 6.54 Å². The van der Waals surface area contributed by atoms with Gasteiger partial charge in [-0.25, -0.2) is 4.98 Å². The van der Waals surface area contributed by atoms with E-state index in [2.05, 4.69) is 33.4 Å². The van der Waals surface area contributed by atoms with Crippen molar-refractivity contribution in [1.82, 2.24) is 9.55 Å². The van der Waals surface area contributed by atoms with Gasteiger partial charge in [0.25, 0.3) is 0 Å². The van der Waals surface area contributed by atoms with Gasteiger partial charge in [-0.1, -0.05) is 30.3 Å². The van der Waals surface area contributed by atoms with Gasteiger partial charge >= 0.3 is 0 Å². The molecule has 2 aromatic rings. The first-order valence-corrected chi connectivity index (χ1v) is 8.38. The summed E-state index contributed by atoms with van der Waals surface area (Å²) in [6.45, 7) is 1.05. The number of hydrogen-bond donors (Lipinski definition) is 1. The normalized spacial score (nSPS) is 18.1. The zero-order chi connectivity index (χ0) is 13.8. The Hall–Kier alpha value is -1.26. The maximum absolute atomic E-state index is 6.40. The second-order valence-electron chi connectivity index (χ2n) is 5.41. The minimum Gasteiger partial charge on any atom is -0.333 e. The molecule has 1 fully saturated rings. The van der Waals surface area contributed by atoms with Crippen LogP contribution in [0.3, 0.4) is 0 Å². The molecule has 0 spiro atoms. The molecule has 3 nitrogen and oxygen atoms in total. The van der Waals surface area contributed by atoms with Crippen molar-refractivity contribution in [2.75, 3.05) is 11.5 Å². The first-order chi connectivity index (χ1) is 9.84. The highest BCUT2D eigenvalue weighted by molar-refractivity contribution is 7.99. The average molecular weight is 287 g/mol. The largest absolute Gasteiger partial charge is 0.333 e. The molecule has 0 aliphatic carbocycles. The van der Waals surface area contributed by atoms with Crippen molar-refractivity contribution < 1.29 is 0 Å².